The monoisotopic (exact) mass is 412 g/mol. The summed E-state index contributed by atoms with van der Waals surface area (Å²) in [5.41, 5.74) is 0. The third-order valence-corrected chi connectivity index (χ3v) is 3.94. The highest BCUT2D eigenvalue weighted by Crippen LogP contribution is 2.31. The van der Waals surface area contributed by atoms with E-state index < -0.39 is 5.79 Å². The van der Waals surface area contributed by atoms with E-state index in [2.05, 4.69) is 42.7 Å². The molecule has 0 aromatic carbocycles. The Morgan fingerprint density at radius 3 is 2.45 bits per heavy atom. The molecule has 0 aromatic rings. The maximum absolute atomic E-state index is 11.1. The van der Waals surface area contributed by atoms with Crippen LogP contribution in [0.15, 0.2) is 9.47 Å². The van der Waals surface area contributed by atoms with E-state index in [-0.39, 0.29) is 5.97 Å². The third-order valence-electron chi connectivity index (χ3n) is 3.29. The van der Waals surface area contributed by atoms with Gasteiger partial charge in [0, 0.05) is 19.3 Å². The van der Waals surface area contributed by atoms with Crippen molar-refractivity contribution in [3.63, 3.8) is 0 Å². The van der Waals surface area contributed by atoms with Crippen molar-refractivity contribution in [3.05, 3.63) is 9.47 Å². The molecular weight excluding hydrogens is 392 g/mol. The number of unbranched alkanes of at least 4 members (excludes halogenated alkanes) is 2. The maximum Gasteiger partial charge on any atom is 0.305 e. The number of carbonyl (C=O) groups is 1. The maximum atomic E-state index is 11.1. The summed E-state index contributed by atoms with van der Waals surface area (Å²) < 4.78 is 17.2. The number of halogens is 2. The van der Waals surface area contributed by atoms with Gasteiger partial charge in [0.1, 0.15) is 0 Å². The van der Waals surface area contributed by atoms with Gasteiger partial charge < -0.3 is 14.2 Å². The predicted molar refractivity (Wildman–Crippen MR) is 84.9 cm³/mol. The first-order chi connectivity index (χ1) is 9.58. The quantitative estimate of drug-likeness (QED) is 0.418. The number of hydrogen-bond acceptors (Lipinski definition) is 4. The van der Waals surface area contributed by atoms with Gasteiger partial charge in [-0.2, -0.15) is 0 Å². The molecule has 0 aliphatic carbocycles. The molecule has 20 heavy (non-hydrogen) atoms. The van der Waals surface area contributed by atoms with Gasteiger partial charge in [0.25, 0.3) is 0 Å². The first kappa shape index (κ1) is 18.1. The van der Waals surface area contributed by atoms with E-state index in [1.165, 1.54) is 7.11 Å². The van der Waals surface area contributed by atoms with Gasteiger partial charge in [-0.05, 0) is 57.5 Å². The number of carbonyl (C=O) groups excluding carboxylic acids is 1. The fraction of sp³-hybridized carbons (Fsp3) is 0.786. The van der Waals surface area contributed by atoms with Crippen molar-refractivity contribution in [3.8, 4) is 0 Å². The van der Waals surface area contributed by atoms with Crippen molar-refractivity contribution in [2.45, 2.75) is 50.7 Å². The van der Waals surface area contributed by atoms with E-state index in [0.29, 0.717) is 19.6 Å². The minimum absolute atomic E-state index is 0.176. The molecule has 0 bridgehead atoms. The Morgan fingerprint density at radius 2 is 1.85 bits per heavy atom. The fourth-order valence-corrected chi connectivity index (χ4v) is 2.72. The number of rotatable bonds is 9. The fourth-order valence-electron chi connectivity index (χ4n) is 2.26. The molecule has 0 radical (unpaired) electrons. The van der Waals surface area contributed by atoms with E-state index in [0.717, 1.165) is 41.9 Å². The molecular formula is C14H22Br2O4. The number of esters is 1. The van der Waals surface area contributed by atoms with Crippen LogP contribution < -0.4 is 0 Å². The van der Waals surface area contributed by atoms with Gasteiger partial charge in [0.2, 0.25) is 0 Å². The second kappa shape index (κ2) is 9.92. The van der Waals surface area contributed by atoms with Crippen LogP contribution in [0, 0.1) is 0 Å². The zero-order valence-corrected chi connectivity index (χ0v) is 15.0. The zero-order chi connectivity index (χ0) is 14.8. The van der Waals surface area contributed by atoms with Gasteiger partial charge in [0.05, 0.1) is 23.7 Å². The molecule has 0 N–H and O–H groups in total. The summed E-state index contributed by atoms with van der Waals surface area (Å²) >= 11 is 6.68. The minimum Gasteiger partial charge on any atom is -0.469 e. The van der Waals surface area contributed by atoms with Crippen LogP contribution in [0.3, 0.4) is 0 Å². The van der Waals surface area contributed by atoms with Gasteiger partial charge in [0.15, 0.2) is 5.79 Å². The Kier molecular flexibility index (Phi) is 9.00. The molecule has 0 aromatic heterocycles. The summed E-state index contributed by atoms with van der Waals surface area (Å²) in [5.74, 6) is -0.658. The van der Waals surface area contributed by atoms with Crippen LogP contribution in [0.4, 0.5) is 0 Å². The van der Waals surface area contributed by atoms with Crippen LogP contribution in [0.5, 0.6) is 0 Å². The molecule has 1 rings (SSSR count). The Hall–Kier alpha value is 0.0900. The second-order valence-electron chi connectivity index (χ2n) is 4.78. The van der Waals surface area contributed by atoms with Crippen molar-refractivity contribution in [2.24, 2.45) is 0 Å². The van der Waals surface area contributed by atoms with Crippen LogP contribution in [0.2, 0.25) is 0 Å². The van der Waals surface area contributed by atoms with Gasteiger partial charge in [-0.3, -0.25) is 4.79 Å². The molecule has 0 atom stereocenters. The SMILES string of the molecule is COC(=O)CCCC1(CCCCC=C(Br)Br)OCCO1. The van der Waals surface area contributed by atoms with Gasteiger partial charge >= 0.3 is 5.97 Å². The number of hydrogen-bond donors (Lipinski definition) is 0. The first-order valence-corrected chi connectivity index (χ1v) is 8.52. The minimum atomic E-state index is -0.483. The molecule has 0 spiro atoms. The average molecular weight is 414 g/mol. The summed E-state index contributed by atoms with van der Waals surface area (Å²) in [7, 11) is 1.41. The van der Waals surface area contributed by atoms with E-state index in [9.17, 15) is 4.79 Å². The Morgan fingerprint density at radius 1 is 1.20 bits per heavy atom. The summed E-state index contributed by atoms with van der Waals surface area (Å²) in [6.07, 6.45) is 8.03. The summed E-state index contributed by atoms with van der Waals surface area (Å²) in [4.78, 5) is 11.1. The average Bonchev–Trinajstić information content (AvgIpc) is 2.87. The molecule has 1 aliphatic heterocycles. The molecule has 0 saturated carbocycles. The van der Waals surface area contributed by atoms with Crippen LogP contribution in [-0.2, 0) is 19.0 Å². The normalized spacial score (nSPS) is 16.9. The van der Waals surface area contributed by atoms with E-state index >= 15 is 0 Å². The standard InChI is InChI=1S/C14H22Br2O4/c1-18-13(17)7-5-9-14(19-10-11-20-14)8-4-2-3-6-12(15)16/h6H,2-5,7-11H2,1H3. The summed E-state index contributed by atoms with van der Waals surface area (Å²) in [6.45, 7) is 1.29. The van der Waals surface area contributed by atoms with Gasteiger partial charge in [-0.1, -0.05) is 6.08 Å². The lowest BCUT2D eigenvalue weighted by Gasteiger charge is -2.27. The van der Waals surface area contributed by atoms with E-state index in [4.69, 9.17) is 9.47 Å². The zero-order valence-electron chi connectivity index (χ0n) is 11.8. The predicted octanol–water partition coefficient (Wildman–Crippen LogP) is 4.26. The second-order valence-corrected chi connectivity index (χ2v) is 7.55. The van der Waals surface area contributed by atoms with Gasteiger partial charge in [-0.15, -0.1) is 0 Å². The van der Waals surface area contributed by atoms with Crippen molar-refractivity contribution in [2.75, 3.05) is 20.3 Å². The number of allylic oxidation sites excluding steroid dienone is 1. The molecule has 116 valence electrons. The van der Waals surface area contributed by atoms with Gasteiger partial charge in [-0.25, -0.2) is 0 Å². The number of methoxy groups -OCH3 is 1. The smallest absolute Gasteiger partial charge is 0.305 e. The van der Waals surface area contributed by atoms with E-state index in [1.54, 1.807) is 0 Å². The highest BCUT2D eigenvalue weighted by atomic mass is 79.9. The molecule has 1 aliphatic rings. The van der Waals surface area contributed by atoms with Crippen molar-refractivity contribution in [1.29, 1.82) is 0 Å². The lowest BCUT2D eigenvalue weighted by atomic mass is 10.0. The lowest BCUT2D eigenvalue weighted by molar-refractivity contribution is -0.169. The Labute approximate surface area is 137 Å². The van der Waals surface area contributed by atoms with Crippen LogP contribution in [0.25, 0.3) is 0 Å². The molecule has 1 saturated heterocycles. The Balaban J connectivity index is 2.27. The first-order valence-electron chi connectivity index (χ1n) is 6.94. The molecule has 4 nitrogen and oxygen atoms in total. The number of ether oxygens (including phenoxy) is 3. The topological polar surface area (TPSA) is 44.8 Å². The van der Waals surface area contributed by atoms with Crippen LogP contribution in [0.1, 0.15) is 44.9 Å². The van der Waals surface area contributed by atoms with E-state index in [1.807, 2.05) is 0 Å². The molecule has 1 fully saturated rings. The molecule has 0 unspecified atom stereocenters. The van der Waals surface area contributed by atoms with Crippen molar-refractivity contribution in [1.82, 2.24) is 0 Å². The summed E-state index contributed by atoms with van der Waals surface area (Å²) in [5, 5.41) is 0. The summed E-state index contributed by atoms with van der Waals surface area (Å²) in [6, 6.07) is 0. The highest BCUT2D eigenvalue weighted by Gasteiger charge is 2.35. The largest absolute Gasteiger partial charge is 0.469 e. The molecule has 0 amide bonds. The van der Waals surface area contributed by atoms with Crippen LogP contribution in [-0.4, -0.2) is 32.1 Å². The Bertz CT molecular complexity index is 321. The molecule has 6 heteroatoms. The lowest BCUT2D eigenvalue weighted by Crippen LogP contribution is -2.30. The van der Waals surface area contributed by atoms with Crippen LogP contribution >= 0.6 is 31.9 Å². The van der Waals surface area contributed by atoms with Crippen molar-refractivity contribution >= 4 is 37.8 Å². The third kappa shape index (κ3) is 7.20. The highest BCUT2D eigenvalue weighted by molar-refractivity contribution is 9.28. The van der Waals surface area contributed by atoms with Crippen molar-refractivity contribution < 1.29 is 19.0 Å². The molecule has 1 heterocycles.